The van der Waals surface area contributed by atoms with Crippen molar-refractivity contribution >= 4 is 5.97 Å². The molecule has 0 amide bonds. The van der Waals surface area contributed by atoms with Gasteiger partial charge in [0.05, 0.1) is 12.5 Å². The Bertz CT molecular complexity index is 239. The van der Waals surface area contributed by atoms with E-state index in [1.165, 1.54) is 20.0 Å². The van der Waals surface area contributed by atoms with Crippen LogP contribution in [0.2, 0.25) is 0 Å². The Kier molecular flexibility index (Phi) is 1.69. The molecule has 1 N–H and O–H groups in total. The smallest absolute Gasteiger partial charge is 0.311 e. The minimum absolute atomic E-state index is 0.0402. The summed E-state index contributed by atoms with van der Waals surface area (Å²) in [6.45, 7) is 0. The van der Waals surface area contributed by atoms with Gasteiger partial charge in [-0.3, -0.25) is 4.79 Å². The molecule has 2 atom stereocenters. The number of carbonyl (C=O) groups excluding carboxylic acids is 1. The van der Waals surface area contributed by atoms with Crippen molar-refractivity contribution in [3.05, 3.63) is 0 Å². The number of rotatable bonds is 1. The van der Waals surface area contributed by atoms with Crippen LogP contribution in [-0.4, -0.2) is 25.2 Å². The molecule has 3 nitrogen and oxygen atoms in total. The van der Waals surface area contributed by atoms with Crippen molar-refractivity contribution in [3.63, 3.8) is 0 Å². The fraction of sp³-hybridized carbons (Fsp3) is 0.909. The molecule has 0 radical (unpaired) electrons. The van der Waals surface area contributed by atoms with Gasteiger partial charge in [-0.1, -0.05) is 0 Å². The summed E-state index contributed by atoms with van der Waals surface area (Å²) < 4.78 is 4.97. The Morgan fingerprint density at radius 1 is 1.29 bits per heavy atom. The minimum atomic E-state index is -0.115. The number of hydrogen-bond donors (Lipinski definition) is 1. The molecule has 2 heterocycles. The third-order valence-corrected chi connectivity index (χ3v) is 4.28. The van der Waals surface area contributed by atoms with Gasteiger partial charge in [-0.25, -0.2) is 0 Å². The van der Waals surface area contributed by atoms with Gasteiger partial charge in [0, 0.05) is 12.1 Å². The Morgan fingerprint density at radius 2 is 1.93 bits per heavy atom. The predicted molar refractivity (Wildman–Crippen MR) is 51.7 cm³/mol. The van der Waals surface area contributed by atoms with Crippen molar-refractivity contribution in [2.75, 3.05) is 7.11 Å². The highest BCUT2D eigenvalue weighted by molar-refractivity contribution is 5.77. The number of nitrogens with one attached hydrogen (secondary N) is 1. The number of hydrogen-bond acceptors (Lipinski definition) is 3. The van der Waals surface area contributed by atoms with Gasteiger partial charge in [0.25, 0.3) is 0 Å². The van der Waals surface area contributed by atoms with Crippen LogP contribution in [0, 0.1) is 11.3 Å². The lowest BCUT2D eigenvalue weighted by Gasteiger charge is -2.55. The molecular formula is C11H17NO2. The van der Waals surface area contributed by atoms with E-state index in [-0.39, 0.29) is 11.4 Å². The number of carbonyl (C=O) groups is 1. The lowest BCUT2D eigenvalue weighted by molar-refractivity contribution is -0.164. The molecule has 0 unspecified atom stereocenters. The average molecular weight is 195 g/mol. The lowest BCUT2D eigenvalue weighted by atomic mass is 9.56. The first kappa shape index (κ1) is 8.72. The van der Waals surface area contributed by atoms with Crippen LogP contribution >= 0.6 is 0 Å². The van der Waals surface area contributed by atoms with E-state index in [1.54, 1.807) is 0 Å². The molecule has 4 bridgehead atoms. The first-order valence-corrected chi connectivity index (χ1v) is 5.56. The van der Waals surface area contributed by atoms with Crippen molar-refractivity contribution in [3.8, 4) is 0 Å². The topological polar surface area (TPSA) is 38.3 Å². The lowest BCUT2D eigenvalue weighted by Crippen LogP contribution is -2.62. The maximum Gasteiger partial charge on any atom is 0.311 e. The maximum atomic E-state index is 11.8. The van der Waals surface area contributed by atoms with Crippen molar-refractivity contribution in [2.24, 2.45) is 11.3 Å². The molecule has 2 aliphatic carbocycles. The van der Waals surface area contributed by atoms with Crippen LogP contribution in [0.25, 0.3) is 0 Å². The molecule has 2 saturated carbocycles. The van der Waals surface area contributed by atoms with E-state index in [9.17, 15) is 4.79 Å². The summed E-state index contributed by atoms with van der Waals surface area (Å²) in [7, 11) is 1.52. The van der Waals surface area contributed by atoms with Gasteiger partial charge in [0.1, 0.15) is 0 Å². The van der Waals surface area contributed by atoms with E-state index in [1.807, 2.05) is 0 Å². The van der Waals surface area contributed by atoms with E-state index in [0.29, 0.717) is 12.1 Å². The zero-order valence-electron chi connectivity index (χ0n) is 8.58. The van der Waals surface area contributed by atoms with E-state index < -0.39 is 0 Å². The monoisotopic (exact) mass is 195 g/mol. The summed E-state index contributed by atoms with van der Waals surface area (Å²) in [5.41, 5.74) is -0.115. The third kappa shape index (κ3) is 1.05. The SMILES string of the molecule is COC(=O)C12CC3C[C@@H](C1)N[C@@H](C3)C2. The highest BCUT2D eigenvalue weighted by Gasteiger charge is 2.55. The summed E-state index contributed by atoms with van der Waals surface area (Å²) in [5, 5.41) is 3.61. The second kappa shape index (κ2) is 2.72. The molecule has 4 aliphatic rings. The summed E-state index contributed by atoms with van der Waals surface area (Å²) in [6.07, 6.45) is 5.64. The third-order valence-electron chi connectivity index (χ3n) is 4.28. The minimum Gasteiger partial charge on any atom is -0.469 e. The maximum absolute atomic E-state index is 11.8. The molecule has 14 heavy (non-hydrogen) atoms. The summed E-state index contributed by atoms with van der Waals surface area (Å²) in [6, 6.07) is 1.17. The van der Waals surface area contributed by atoms with Gasteiger partial charge in [0.15, 0.2) is 0 Å². The second-order valence-corrected chi connectivity index (χ2v) is 5.28. The Balaban J connectivity index is 1.91. The standard InChI is InChI=1S/C11H17NO2/c1-14-10(13)11-4-7-2-8(5-11)12-9(3-7)6-11/h7-9,12H,2-6H2,1H3/t7?,8-,9-,11?/m0/s1. The molecule has 0 spiro atoms. The number of methoxy groups -OCH3 is 1. The molecular weight excluding hydrogens is 178 g/mol. The molecule has 0 aromatic heterocycles. The zero-order valence-corrected chi connectivity index (χ0v) is 8.58. The van der Waals surface area contributed by atoms with Crippen molar-refractivity contribution in [2.45, 2.75) is 44.2 Å². The number of piperidine rings is 2. The Labute approximate surface area is 84.2 Å². The summed E-state index contributed by atoms with van der Waals surface area (Å²) >= 11 is 0. The molecule has 4 rings (SSSR count). The van der Waals surface area contributed by atoms with Crippen molar-refractivity contribution in [1.29, 1.82) is 0 Å². The fourth-order valence-electron chi connectivity index (χ4n) is 4.03. The Morgan fingerprint density at radius 3 is 2.43 bits per heavy atom. The summed E-state index contributed by atoms with van der Waals surface area (Å²) in [4.78, 5) is 11.8. The highest BCUT2D eigenvalue weighted by atomic mass is 16.5. The van der Waals surface area contributed by atoms with Crippen LogP contribution in [0.1, 0.15) is 32.1 Å². The fourth-order valence-corrected chi connectivity index (χ4v) is 4.03. The largest absolute Gasteiger partial charge is 0.469 e. The van der Waals surface area contributed by atoms with E-state index in [2.05, 4.69) is 5.32 Å². The predicted octanol–water partition coefficient (Wildman–Crippen LogP) is 1.08. The molecule has 0 aromatic carbocycles. The zero-order chi connectivity index (χ0) is 9.76. The number of ether oxygens (including phenoxy) is 1. The Hall–Kier alpha value is -0.570. The normalized spacial score (nSPS) is 49.4. The molecule has 4 fully saturated rings. The molecule has 3 heteroatoms. The van der Waals surface area contributed by atoms with Crippen LogP contribution in [-0.2, 0) is 9.53 Å². The van der Waals surface area contributed by atoms with Gasteiger partial charge in [-0.15, -0.1) is 0 Å². The van der Waals surface area contributed by atoms with E-state index in [4.69, 9.17) is 4.74 Å². The van der Waals surface area contributed by atoms with Crippen molar-refractivity contribution in [1.82, 2.24) is 5.32 Å². The van der Waals surface area contributed by atoms with Gasteiger partial charge in [-0.2, -0.15) is 0 Å². The van der Waals surface area contributed by atoms with Crippen LogP contribution in [0.4, 0.5) is 0 Å². The summed E-state index contributed by atoms with van der Waals surface area (Å²) in [5.74, 6) is 0.811. The van der Waals surface area contributed by atoms with Crippen LogP contribution in [0.5, 0.6) is 0 Å². The highest BCUT2D eigenvalue weighted by Crippen LogP contribution is 2.53. The molecule has 2 aliphatic heterocycles. The second-order valence-electron chi connectivity index (χ2n) is 5.28. The average Bonchev–Trinajstić information content (AvgIpc) is 2.14. The van der Waals surface area contributed by atoms with E-state index in [0.717, 1.165) is 25.2 Å². The molecule has 78 valence electrons. The van der Waals surface area contributed by atoms with Gasteiger partial charge >= 0.3 is 5.97 Å². The van der Waals surface area contributed by atoms with E-state index >= 15 is 0 Å². The van der Waals surface area contributed by atoms with Gasteiger partial charge in [-0.05, 0) is 38.0 Å². The van der Waals surface area contributed by atoms with Crippen LogP contribution in [0.3, 0.4) is 0 Å². The van der Waals surface area contributed by atoms with Gasteiger partial charge in [0.2, 0.25) is 0 Å². The van der Waals surface area contributed by atoms with Gasteiger partial charge < -0.3 is 10.1 Å². The first-order valence-electron chi connectivity index (χ1n) is 5.56. The first-order chi connectivity index (χ1) is 6.72. The van der Waals surface area contributed by atoms with Crippen LogP contribution < -0.4 is 5.32 Å². The quantitative estimate of drug-likeness (QED) is 0.636. The number of esters is 1. The molecule has 2 saturated heterocycles. The van der Waals surface area contributed by atoms with Crippen molar-refractivity contribution < 1.29 is 9.53 Å². The van der Waals surface area contributed by atoms with Crippen LogP contribution in [0.15, 0.2) is 0 Å². The molecule has 0 aromatic rings.